The molecule has 16 heteroatoms. The molecule has 0 unspecified atom stereocenters. The third-order valence-electron chi connectivity index (χ3n) is 6.56. The van der Waals surface area contributed by atoms with Crippen LogP contribution in [0.4, 0.5) is 9.59 Å². The largest absolute Gasteiger partial charge is 0.513 e. The number of unbranched alkanes of at least 4 members (excludes halogenated alkanes) is 2. The first-order valence-corrected chi connectivity index (χ1v) is 16.4. The lowest BCUT2D eigenvalue weighted by Crippen LogP contribution is -2.18. The van der Waals surface area contributed by atoms with Gasteiger partial charge in [0.05, 0.1) is 47.6 Å². The van der Waals surface area contributed by atoms with Crippen molar-refractivity contribution in [2.45, 2.75) is 38.2 Å². The summed E-state index contributed by atoms with van der Waals surface area (Å²) < 4.78 is 40.6. The molecule has 0 spiro atoms. The Bertz CT molecular complexity index is 1710. The van der Waals surface area contributed by atoms with E-state index in [1.165, 1.54) is 48.6 Å². The van der Waals surface area contributed by atoms with Crippen LogP contribution in [0.1, 0.15) is 52.8 Å². The second-order valence-corrected chi connectivity index (χ2v) is 11.2. The lowest BCUT2D eigenvalue weighted by atomic mass is 10.1. The number of hydrogen-bond acceptors (Lipinski definition) is 14. The Balaban J connectivity index is 1.39. The summed E-state index contributed by atoms with van der Waals surface area (Å²) in [5.74, 6) is -2.40. The van der Waals surface area contributed by atoms with Gasteiger partial charge in [0.25, 0.3) is 0 Å². The van der Waals surface area contributed by atoms with Crippen LogP contribution in [0, 0.1) is 0 Å². The molecule has 14 nitrogen and oxygen atoms in total. The average Bonchev–Trinajstić information content (AvgIpc) is 3.13. The van der Waals surface area contributed by atoms with E-state index in [1.54, 1.807) is 6.08 Å². The number of hydrogen-bond donors (Lipinski definition) is 0. The van der Waals surface area contributed by atoms with Gasteiger partial charge in [-0.1, -0.05) is 36.4 Å². The van der Waals surface area contributed by atoms with Crippen LogP contribution < -0.4 is 9.47 Å². The number of esters is 4. The predicted molar refractivity (Wildman–Crippen MR) is 184 cm³/mol. The molecule has 276 valence electrons. The zero-order valence-corrected chi connectivity index (χ0v) is 29.2. The minimum Gasteiger partial charge on any atom is -0.463 e. The van der Waals surface area contributed by atoms with Crippen molar-refractivity contribution in [1.29, 1.82) is 0 Å². The minimum absolute atomic E-state index is 0.0222. The van der Waals surface area contributed by atoms with Crippen molar-refractivity contribution in [2.75, 3.05) is 26.4 Å². The molecule has 2 aromatic rings. The molecule has 1 aliphatic carbocycles. The monoisotopic (exact) mass is 760 g/mol. The van der Waals surface area contributed by atoms with Gasteiger partial charge in [0.2, 0.25) is 0 Å². The van der Waals surface area contributed by atoms with E-state index < -0.39 is 42.3 Å². The lowest BCUT2D eigenvalue weighted by molar-refractivity contribution is -0.138. The summed E-state index contributed by atoms with van der Waals surface area (Å²) in [5.41, 5.74) is 0.166. The van der Waals surface area contributed by atoms with E-state index in [2.05, 4.69) is 13.2 Å². The zero-order valence-electron chi connectivity index (χ0n) is 27.7. The van der Waals surface area contributed by atoms with Gasteiger partial charge in [0.1, 0.15) is 11.9 Å². The highest BCUT2D eigenvalue weighted by atomic mass is 35.5. The highest BCUT2D eigenvalue weighted by Gasteiger charge is 2.20. The maximum Gasteiger partial charge on any atom is 0.513 e. The molecule has 0 fully saturated rings. The molecule has 0 amide bonds. The Morgan fingerprint density at radius 3 is 1.54 bits per heavy atom. The fraction of sp³-hybridized carbons (Fsp3) is 0.278. The molecule has 0 saturated heterocycles. The first-order valence-electron chi connectivity index (χ1n) is 15.7. The maximum atomic E-state index is 12.7. The minimum atomic E-state index is -1.00. The van der Waals surface area contributed by atoms with Crippen LogP contribution in [-0.4, -0.2) is 68.7 Å². The highest BCUT2D eigenvalue weighted by molar-refractivity contribution is 6.32. The zero-order chi connectivity index (χ0) is 37.9. The highest BCUT2D eigenvalue weighted by Crippen LogP contribution is 2.28. The average molecular weight is 762 g/mol. The smallest absolute Gasteiger partial charge is 0.463 e. The summed E-state index contributed by atoms with van der Waals surface area (Å²) in [4.78, 5) is 71.3. The van der Waals surface area contributed by atoms with Gasteiger partial charge in [-0.05, 0) is 80.3 Å². The molecule has 52 heavy (non-hydrogen) atoms. The van der Waals surface area contributed by atoms with Gasteiger partial charge in [-0.25, -0.2) is 28.8 Å². The molecule has 0 radical (unpaired) electrons. The van der Waals surface area contributed by atoms with Crippen molar-refractivity contribution in [3.8, 4) is 11.5 Å². The first kappa shape index (κ1) is 40.8. The molecule has 0 bridgehead atoms. The van der Waals surface area contributed by atoms with Gasteiger partial charge in [-0.2, -0.15) is 0 Å². The molecular formula is C36H34Cl2O14. The van der Waals surface area contributed by atoms with Crippen LogP contribution in [-0.2, 0) is 38.0 Å². The van der Waals surface area contributed by atoms with Gasteiger partial charge in [-0.15, -0.1) is 0 Å². The van der Waals surface area contributed by atoms with Gasteiger partial charge in [0.15, 0.2) is 11.5 Å². The number of carbonyl (C=O) groups is 6. The lowest BCUT2D eigenvalue weighted by Gasteiger charge is -2.17. The molecular weight excluding hydrogens is 727 g/mol. The van der Waals surface area contributed by atoms with Crippen LogP contribution in [0.15, 0.2) is 85.7 Å². The van der Waals surface area contributed by atoms with E-state index in [9.17, 15) is 28.8 Å². The van der Waals surface area contributed by atoms with Crippen molar-refractivity contribution >= 4 is 59.4 Å². The summed E-state index contributed by atoms with van der Waals surface area (Å²) in [6.07, 6.45) is 5.93. The van der Waals surface area contributed by atoms with Crippen molar-refractivity contribution in [2.24, 2.45) is 0 Å². The van der Waals surface area contributed by atoms with Crippen LogP contribution in [0.2, 0.25) is 10.0 Å². The summed E-state index contributed by atoms with van der Waals surface area (Å²) >= 11 is 12.4. The van der Waals surface area contributed by atoms with Crippen molar-refractivity contribution in [3.05, 3.63) is 107 Å². The molecule has 1 atom stereocenters. The van der Waals surface area contributed by atoms with Crippen LogP contribution in [0.25, 0.3) is 0 Å². The summed E-state index contributed by atoms with van der Waals surface area (Å²) in [6.45, 7) is 6.94. The van der Waals surface area contributed by atoms with E-state index >= 15 is 0 Å². The Hall–Kier alpha value is -5.60. The summed E-state index contributed by atoms with van der Waals surface area (Å²) in [7, 11) is 0. The van der Waals surface area contributed by atoms with Gasteiger partial charge < -0.3 is 37.9 Å². The number of ether oxygens (including phenoxy) is 8. The van der Waals surface area contributed by atoms with Gasteiger partial charge in [-0.3, -0.25) is 0 Å². The number of rotatable bonds is 18. The SMILES string of the molecule is C=CC(=O)OCCCCOC(=O)Oc1ccc(C(=O)OC2=CC[C@H](OC(=O)c3ccc(OC(=O)OCCCCOC(=O)C=C)c(Cl)c3)C=C2)cc1Cl. The third-order valence-corrected chi connectivity index (χ3v) is 7.15. The molecule has 0 aromatic heterocycles. The molecule has 0 saturated carbocycles. The second kappa shape index (κ2) is 21.6. The molecule has 1 aliphatic rings. The summed E-state index contributed by atoms with van der Waals surface area (Å²) in [5, 5.41) is -0.0759. The predicted octanol–water partition coefficient (Wildman–Crippen LogP) is 7.27. The third kappa shape index (κ3) is 14.3. The molecule has 0 N–H and O–H groups in total. The van der Waals surface area contributed by atoms with E-state index in [4.69, 9.17) is 61.1 Å². The quantitative estimate of drug-likeness (QED) is 0.0487. The number of benzene rings is 2. The van der Waals surface area contributed by atoms with Crippen molar-refractivity contribution < 1.29 is 66.7 Å². The van der Waals surface area contributed by atoms with E-state index in [-0.39, 0.29) is 71.3 Å². The molecule has 0 heterocycles. The van der Waals surface area contributed by atoms with Crippen molar-refractivity contribution in [3.63, 3.8) is 0 Å². The second-order valence-electron chi connectivity index (χ2n) is 10.4. The molecule has 3 rings (SSSR count). The molecule has 0 aliphatic heterocycles. The summed E-state index contributed by atoms with van der Waals surface area (Å²) in [6, 6.07) is 7.87. The van der Waals surface area contributed by atoms with Crippen LogP contribution in [0.5, 0.6) is 11.5 Å². The Morgan fingerprint density at radius 1 is 0.654 bits per heavy atom. The fourth-order valence-electron chi connectivity index (χ4n) is 3.96. The Morgan fingerprint density at radius 2 is 1.12 bits per heavy atom. The first-order chi connectivity index (χ1) is 25.0. The van der Waals surface area contributed by atoms with E-state index in [0.717, 1.165) is 12.2 Å². The maximum absolute atomic E-state index is 12.7. The van der Waals surface area contributed by atoms with E-state index in [0.29, 0.717) is 25.7 Å². The molecule has 2 aromatic carbocycles. The van der Waals surface area contributed by atoms with Gasteiger partial charge in [0, 0.05) is 18.6 Å². The Kier molecular flexibility index (Phi) is 16.9. The van der Waals surface area contributed by atoms with Crippen LogP contribution in [0.3, 0.4) is 0 Å². The number of allylic oxidation sites excluding steroid dienone is 1. The Labute approximate surface area is 308 Å². The van der Waals surface area contributed by atoms with Gasteiger partial charge >= 0.3 is 36.2 Å². The number of halogens is 2. The number of carbonyl (C=O) groups excluding carboxylic acids is 6. The topological polar surface area (TPSA) is 176 Å². The van der Waals surface area contributed by atoms with Crippen LogP contribution >= 0.6 is 23.2 Å². The normalized spacial score (nSPS) is 13.0. The van der Waals surface area contributed by atoms with Crippen molar-refractivity contribution in [1.82, 2.24) is 0 Å². The van der Waals surface area contributed by atoms with E-state index in [1.807, 2.05) is 0 Å². The standard InChI is InChI=1S/C36H34Cl2O14/c1-3-31(39)45-17-5-7-19-47-35(43)51-29-15-9-23(21-27(29)37)33(41)49-25-11-13-26(14-12-25)50-34(42)24-10-16-30(28(38)22-24)52-36(44)48-20-8-6-18-46-32(40)4-2/h3-4,9-13,15-16,21-22,26H,1-2,5-8,14,17-20H2/t26-/m1/s1. The fourth-order valence-corrected chi connectivity index (χ4v) is 4.40.